The van der Waals surface area contributed by atoms with E-state index in [-0.39, 0.29) is 5.41 Å². The molecule has 0 N–H and O–H groups in total. The maximum Gasteiger partial charge on any atom is 0.133 e. The maximum atomic E-state index is 6.25. The smallest absolute Gasteiger partial charge is 0.133 e. The van der Waals surface area contributed by atoms with E-state index < -0.39 is 0 Å². The van der Waals surface area contributed by atoms with Gasteiger partial charge in [-0.05, 0) is 29.5 Å². The van der Waals surface area contributed by atoms with Gasteiger partial charge in [0.2, 0.25) is 0 Å². The molecule has 0 radical (unpaired) electrons. The lowest BCUT2D eigenvalue weighted by atomic mass is 9.87. The number of halogens is 1. The predicted octanol–water partition coefficient (Wildman–Crippen LogP) is 4.49. The molecule has 1 nitrogen and oxygen atoms in total. The van der Waals surface area contributed by atoms with Gasteiger partial charge < -0.3 is 0 Å². The summed E-state index contributed by atoms with van der Waals surface area (Å²) < 4.78 is 0. The van der Waals surface area contributed by atoms with Crippen LogP contribution >= 0.6 is 11.6 Å². The zero-order chi connectivity index (χ0) is 11.9. The highest BCUT2D eigenvalue weighted by Crippen LogP contribution is 2.31. The summed E-state index contributed by atoms with van der Waals surface area (Å²) in [6.07, 6.45) is 0. The number of aryl methyl sites for hydroxylation is 1. The Morgan fingerprint density at radius 3 is 2.50 bits per heavy atom. The van der Waals surface area contributed by atoms with Crippen LogP contribution < -0.4 is 0 Å². The van der Waals surface area contributed by atoms with Crippen LogP contribution in [-0.4, -0.2) is 4.98 Å². The second-order valence-corrected chi connectivity index (χ2v) is 5.58. The molecule has 0 saturated carbocycles. The number of fused-ring (bicyclic) bond motifs is 1. The van der Waals surface area contributed by atoms with Gasteiger partial charge in [0.15, 0.2) is 0 Å². The third kappa shape index (κ3) is 1.92. The zero-order valence-corrected chi connectivity index (χ0v) is 10.9. The Kier molecular flexibility index (Phi) is 2.67. The van der Waals surface area contributed by atoms with Crippen LogP contribution in [0, 0.1) is 6.92 Å². The first-order chi connectivity index (χ1) is 7.39. The van der Waals surface area contributed by atoms with Gasteiger partial charge in [-0.2, -0.15) is 0 Å². The molecule has 1 aromatic heterocycles. The van der Waals surface area contributed by atoms with Crippen molar-refractivity contribution in [2.75, 3.05) is 0 Å². The van der Waals surface area contributed by atoms with Crippen molar-refractivity contribution in [1.82, 2.24) is 4.98 Å². The summed E-state index contributed by atoms with van der Waals surface area (Å²) >= 11 is 6.25. The molecule has 0 aliphatic rings. The second kappa shape index (κ2) is 3.74. The van der Waals surface area contributed by atoms with E-state index in [4.69, 9.17) is 11.6 Å². The number of rotatable bonds is 0. The summed E-state index contributed by atoms with van der Waals surface area (Å²) in [6, 6.07) is 8.35. The molecule has 84 valence electrons. The number of para-hydroxylation sites is 1. The average molecular weight is 234 g/mol. The van der Waals surface area contributed by atoms with Gasteiger partial charge in [-0.25, -0.2) is 4.98 Å². The Labute approximate surface area is 101 Å². The molecule has 1 aromatic carbocycles. The lowest BCUT2D eigenvalue weighted by Crippen LogP contribution is -2.12. The highest BCUT2D eigenvalue weighted by atomic mass is 35.5. The highest BCUT2D eigenvalue weighted by molar-refractivity contribution is 6.30. The zero-order valence-electron chi connectivity index (χ0n) is 10.1. The van der Waals surface area contributed by atoms with Crippen molar-refractivity contribution in [3.05, 3.63) is 40.5 Å². The van der Waals surface area contributed by atoms with Crippen molar-refractivity contribution in [3.8, 4) is 0 Å². The van der Waals surface area contributed by atoms with E-state index in [2.05, 4.69) is 56.9 Å². The number of hydrogen-bond acceptors (Lipinski definition) is 1. The fraction of sp³-hybridized carbons (Fsp3) is 0.357. The molecule has 0 aliphatic heterocycles. The summed E-state index contributed by atoms with van der Waals surface area (Å²) in [5.74, 6) is 0. The molecule has 2 aromatic rings. The van der Waals surface area contributed by atoms with E-state index in [1.807, 2.05) is 0 Å². The third-order valence-electron chi connectivity index (χ3n) is 2.81. The minimum Gasteiger partial charge on any atom is -0.236 e. The van der Waals surface area contributed by atoms with Crippen LogP contribution in [0.1, 0.15) is 31.9 Å². The summed E-state index contributed by atoms with van der Waals surface area (Å²) in [4.78, 5) is 4.51. The molecule has 0 bridgehead atoms. The molecule has 2 rings (SSSR count). The van der Waals surface area contributed by atoms with E-state index >= 15 is 0 Å². The van der Waals surface area contributed by atoms with Crippen molar-refractivity contribution in [2.24, 2.45) is 0 Å². The largest absolute Gasteiger partial charge is 0.236 e. The summed E-state index contributed by atoms with van der Waals surface area (Å²) in [6.45, 7) is 8.51. The van der Waals surface area contributed by atoms with Gasteiger partial charge in [0.05, 0.1) is 5.52 Å². The van der Waals surface area contributed by atoms with E-state index in [0.717, 1.165) is 16.5 Å². The Morgan fingerprint density at radius 2 is 1.88 bits per heavy atom. The molecule has 0 spiro atoms. The van der Waals surface area contributed by atoms with Crippen molar-refractivity contribution >= 4 is 22.5 Å². The standard InChI is InChI=1S/C14H16ClN/c1-9-6-5-7-10-8-11(14(2,3)4)13(15)16-12(9)10/h5-8H,1-4H3. The molecule has 0 fully saturated rings. The lowest BCUT2D eigenvalue weighted by molar-refractivity contribution is 0.589. The van der Waals surface area contributed by atoms with E-state index in [9.17, 15) is 0 Å². The van der Waals surface area contributed by atoms with Crippen molar-refractivity contribution in [1.29, 1.82) is 0 Å². The Bertz CT molecular complexity index is 538. The van der Waals surface area contributed by atoms with Gasteiger partial charge in [0, 0.05) is 5.39 Å². The molecule has 16 heavy (non-hydrogen) atoms. The number of nitrogens with zero attached hydrogens (tertiary/aromatic N) is 1. The molecular formula is C14H16ClN. The fourth-order valence-electron chi connectivity index (χ4n) is 1.85. The van der Waals surface area contributed by atoms with Crippen LogP contribution in [-0.2, 0) is 5.41 Å². The predicted molar refractivity (Wildman–Crippen MR) is 70.2 cm³/mol. The van der Waals surface area contributed by atoms with Crippen LogP contribution in [0.4, 0.5) is 0 Å². The number of pyridine rings is 1. The molecule has 0 amide bonds. The monoisotopic (exact) mass is 233 g/mol. The number of hydrogen-bond donors (Lipinski definition) is 0. The minimum atomic E-state index is 0.0298. The number of benzene rings is 1. The van der Waals surface area contributed by atoms with Gasteiger partial charge >= 0.3 is 0 Å². The van der Waals surface area contributed by atoms with Crippen LogP contribution in [0.3, 0.4) is 0 Å². The Balaban J connectivity index is 2.78. The average Bonchev–Trinajstić information content (AvgIpc) is 2.17. The topological polar surface area (TPSA) is 12.9 Å². The first-order valence-electron chi connectivity index (χ1n) is 5.46. The van der Waals surface area contributed by atoms with Crippen LogP contribution in [0.25, 0.3) is 10.9 Å². The van der Waals surface area contributed by atoms with Gasteiger partial charge in [-0.15, -0.1) is 0 Å². The van der Waals surface area contributed by atoms with Crippen molar-refractivity contribution in [3.63, 3.8) is 0 Å². The second-order valence-electron chi connectivity index (χ2n) is 5.22. The van der Waals surface area contributed by atoms with Gasteiger partial charge in [0.25, 0.3) is 0 Å². The molecule has 1 heterocycles. The van der Waals surface area contributed by atoms with Crippen LogP contribution in [0.15, 0.2) is 24.3 Å². The normalized spacial score (nSPS) is 12.1. The summed E-state index contributed by atoms with van der Waals surface area (Å²) in [5, 5.41) is 1.78. The fourth-order valence-corrected chi connectivity index (χ4v) is 2.27. The molecular weight excluding hydrogens is 218 g/mol. The van der Waals surface area contributed by atoms with Gasteiger partial charge in [-0.3, -0.25) is 0 Å². The lowest BCUT2D eigenvalue weighted by Gasteiger charge is -2.20. The first-order valence-corrected chi connectivity index (χ1v) is 5.84. The van der Waals surface area contributed by atoms with E-state index in [1.165, 1.54) is 5.56 Å². The van der Waals surface area contributed by atoms with Crippen molar-refractivity contribution < 1.29 is 0 Å². The molecule has 2 heteroatoms. The summed E-state index contributed by atoms with van der Waals surface area (Å²) in [7, 11) is 0. The van der Waals surface area contributed by atoms with Gasteiger partial charge in [-0.1, -0.05) is 50.6 Å². The van der Waals surface area contributed by atoms with Gasteiger partial charge in [0.1, 0.15) is 5.15 Å². The maximum absolute atomic E-state index is 6.25. The third-order valence-corrected chi connectivity index (χ3v) is 3.10. The molecule has 0 aliphatic carbocycles. The van der Waals surface area contributed by atoms with E-state index in [1.54, 1.807) is 0 Å². The molecule has 0 atom stereocenters. The molecule has 0 unspecified atom stereocenters. The Hall–Kier alpha value is -1.08. The number of aromatic nitrogens is 1. The summed E-state index contributed by atoms with van der Waals surface area (Å²) in [5.41, 5.74) is 3.30. The van der Waals surface area contributed by atoms with E-state index in [0.29, 0.717) is 5.15 Å². The Morgan fingerprint density at radius 1 is 1.19 bits per heavy atom. The first kappa shape index (κ1) is 11.4. The SMILES string of the molecule is Cc1cccc2cc(C(C)(C)C)c(Cl)nc12. The molecule has 0 saturated heterocycles. The van der Waals surface area contributed by atoms with Crippen molar-refractivity contribution in [2.45, 2.75) is 33.1 Å². The minimum absolute atomic E-state index is 0.0298. The quantitative estimate of drug-likeness (QED) is 0.611. The van der Waals surface area contributed by atoms with Crippen LogP contribution in [0.2, 0.25) is 5.15 Å². The van der Waals surface area contributed by atoms with Crippen LogP contribution in [0.5, 0.6) is 0 Å². The highest BCUT2D eigenvalue weighted by Gasteiger charge is 2.19.